The average Bonchev–Trinajstić information content (AvgIpc) is 2.75. The molecule has 166 valence electrons. The first kappa shape index (κ1) is 23.0. The fraction of sp³-hybridized carbons (Fsp3) is 0.0909. The molecule has 3 N–H and O–H groups in total. The van der Waals surface area contributed by atoms with Crippen molar-refractivity contribution in [1.29, 1.82) is 0 Å². The van der Waals surface area contributed by atoms with Crippen LogP contribution in [0.2, 0.25) is 5.02 Å². The van der Waals surface area contributed by atoms with E-state index in [1.54, 1.807) is 48.5 Å². The van der Waals surface area contributed by atoms with Crippen molar-refractivity contribution in [1.82, 2.24) is 5.32 Å². The first-order chi connectivity index (χ1) is 15.2. The van der Waals surface area contributed by atoms with E-state index >= 15 is 0 Å². The average molecular weight is 464 g/mol. The Labute approximate surface area is 186 Å². The Hall–Kier alpha value is -3.72. The molecule has 0 bridgehead atoms. The predicted octanol–water partition coefficient (Wildman–Crippen LogP) is 6.15. The van der Waals surface area contributed by atoms with Crippen LogP contribution in [0.1, 0.15) is 15.9 Å². The van der Waals surface area contributed by atoms with Crippen LogP contribution < -0.4 is 20.7 Å². The summed E-state index contributed by atoms with van der Waals surface area (Å²) in [4.78, 5) is 23.8. The van der Waals surface area contributed by atoms with Gasteiger partial charge in [-0.05, 0) is 60.7 Å². The molecule has 3 amide bonds. The van der Waals surface area contributed by atoms with Crippen LogP contribution in [-0.4, -0.2) is 19.0 Å². The van der Waals surface area contributed by atoms with Crippen molar-refractivity contribution in [2.45, 2.75) is 6.18 Å². The first-order valence-corrected chi connectivity index (χ1v) is 9.58. The van der Waals surface area contributed by atoms with Gasteiger partial charge in [0.25, 0.3) is 5.91 Å². The van der Waals surface area contributed by atoms with Gasteiger partial charge in [-0.2, -0.15) is 13.2 Å². The molecule has 0 heterocycles. The van der Waals surface area contributed by atoms with Gasteiger partial charge in [0.15, 0.2) is 0 Å². The maximum Gasteiger partial charge on any atom is 0.417 e. The fourth-order valence-electron chi connectivity index (χ4n) is 2.70. The Kier molecular flexibility index (Phi) is 6.89. The summed E-state index contributed by atoms with van der Waals surface area (Å²) in [7, 11) is 1.53. The number of benzene rings is 3. The van der Waals surface area contributed by atoms with Crippen molar-refractivity contribution in [3.63, 3.8) is 0 Å². The van der Waals surface area contributed by atoms with Gasteiger partial charge in [-0.3, -0.25) is 4.79 Å². The molecule has 0 spiro atoms. The van der Waals surface area contributed by atoms with Crippen LogP contribution in [0, 0.1) is 0 Å². The van der Waals surface area contributed by atoms with Crippen molar-refractivity contribution < 1.29 is 27.5 Å². The number of amides is 3. The number of hydrogen-bond donors (Lipinski definition) is 3. The van der Waals surface area contributed by atoms with Crippen LogP contribution in [0.3, 0.4) is 0 Å². The van der Waals surface area contributed by atoms with Crippen molar-refractivity contribution >= 4 is 34.9 Å². The number of carbonyl (C=O) groups excluding carboxylic acids is 2. The summed E-state index contributed by atoms with van der Waals surface area (Å²) in [6, 6.07) is 15.2. The molecule has 0 atom stereocenters. The van der Waals surface area contributed by atoms with E-state index in [0.29, 0.717) is 22.7 Å². The second-order valence-corrected chi connectivity index (χ2v) is 6.91. The van der Waals surface area contributed by atoms with Crippen LogP contribution in [0.15, 0.2) is 66.7 Å². The second-order valence-electron chi connectivity index (χ2n) is 6.50. The molecule has 32 heavy (non-hydrogen) atoms. The summed E-state index contributed by atoms with van der Waals surface area (Å²) in [5.74, 6) is 0.661. The highest BCUT2D eigenvalue weighted by molar-refractivity contribution is 6.31. The molecule has 0 fully saturated rings. The highest BCUT2D eigenvalue weighted by Crippen LogP contribution is 2.36. The molecule has 0 unspecified atom stereocenters. The van der Waals surface area contributed by atoms with Gasteiger partial charge in [0.1, 0.15) is 11.5 Å². The number of urea groups is 1. The summed E-state index contributed by atoms with van der Waals surface area (Å²) < 4.78 is 44.5. The summed E-state index contributed by atoms with van der Waals surface area (Å²) in [6.07, 6.45) is -4.64. The smallest absolute Gasteiger partial charge is 0.417 e. The van der Waals surface area contributed by atoms with E-state index in [0.717, 1.165) is 12.1 Å². The first-order valence-electron chi connectivity index (χ1n) is 9.20. The largest absolute Gasteiger partial charge is 0.457 e. The number of nitrogens with one attached hydrogen (secondary N) is 3. The van der Waals surface area contributed by atoms with Crippen molar-refractivity contribution in [3.8, 4) is 11.5 Å². The minimum atomic E-state index is -4.64. The third-order valence-electron chi connectivity index (χ3n) is 4.20. The van der Waals surface area contributed by atoms with Gasteiger partial charge in [0, 0.05) is 24.0 Å². The van der Waals surface area contributed by atoms with E-state index < -0.39 is 22.8 Å². The number of anilines is 2. The molecule has 0 aliphatic rings. The number of halogens is 4. The van der Waals surface area contributed by atoms with E-state index in [-0.39, 0.29) is 11.6 Å². The monoisotopic (exact) mass is 463 g/mol. The van der Waals surface area contributed by atoms with Crippen LogP contribution in [0.4, 0.5) is 29.3 Å². The fourth-order valence-corrected chi connectivity index (χ4v) is 2.93. The summed E-state index contributed by atoms with van der Waals surface area (Å²) in [5, 5.41) is 6.91. The summed E-state index contributed by atoms with van der Waals surface area (Å²) >= 11 is 5.57. The zero-order valence-corrected chi connectivity index (χ0v) is 17.3. The standard InChI is InChI=1S/C22H17ClF3N3O3/c1-27-20(30)13-3-2-4-17(11-13)32-16-8-5-14(6-9-16)28-21(31)29-15-7-10-19(23)18(12-15)22(24,25)26/h2-12H,1H3,(H,27,30)(H2,28,29,31). The second kappa shape index (κ2) is 9.61. The molecule has 10 heteroatoms. The van der Waals surface area contributed by atoms with E-state index in [2.05, 4.69) is 16.0 Å². The quantitative estimate of drug-likeness (QED) is 0.424. The lowest BCUT2D eigenvalue weighted by Crippen LogP contribution is -2.19. The maximum absolute atomic E-state index is 12.9. The van der Waals surface area contributed by atoms with Gasteiger partial charge in [-0.25, -0.2) is 4.79 Å². The van der Waals surface area contributed by atoms with Crippen LogP contribution >= 0.6 is 11.6 Å². The maximum atomic E-state index is 12.9. The predicted molar refractivity (Wildman–Crippen MR) is 115 cm³/mol. The Morgan fingerprint density at radius 2 is 1.53 bits per heavy atom. The van der Waals surface area contributed by atoms with E-state index in [1.807, 2.05) is 0 Å². The molecule has 0 aliphatic heterocycles. The van der Waals surface area contributed by atoms with Gasteiger partial charge >= 0.3 is 12.2 Å². The van der Waals surface area contributed by atoms with Crippen molar-refractivity contribution in [3.05, 3.63) is 82.9 Å². The van der Waals surface area contributed by atoms with Gasteiger partial charge in [-0.1, -0.05) is 17.7 Å². The molecular weight excluding hydrogens is 447 g/mol. The molecule has 0 saturated carbocycles. The molecule has 0 aromatic heterocycles. The van der Waals surface area contributed by atoms with Crippen molar-refractivity contribution in [2.75, 3.05) is 17.7 Å². The van der Waals surface area contributed by atoms with Gasteiger partial charge in [-0.15, -0.1) is 0 Å². The highest BCUT2D eigenvalue weighted by atomic mass is 35.5. The molecular formula is C22H17ClF3N3O3. The molecule has 0 aliphatic carbocycles. The zero-order chi connectivity index (χ0) is 23.3. The molecule has 3 aromatic carbocycles. The number of ether oxygens (including phenoxy) is 1. The molecule has 0 saturated heterocycles. The normalized spacial score (nSPS) is 10.9. The Morgan fingerprint density at radius 3 is 2.19 bits per heavy atom. The minimum Gasteiger partial charge on any atom is -0.457 e. The zero-order valence-electron chi connectivity index (χ0n) is 16.6. The topological polar surface area (TPSA) is 79.5 Å². The Bertz CT molecular complexity index is 1140. The Balaban J connectivity index is 1.62. The van der Waals surface area contributed by atoms with Crippen LogP contribution in [0.5, 0.6) is 11.5 Å². The lowest BCUT2D eigenvalue weighted by atomic mass is 10.2. The summed E-state index contributed by atoms with van der Waals surface area (Å²) in [6.45, 7) is 0. The SMILES string of the molecule is CNC(=O)c1cccc(Oc2ccc(NC(=O)Nc3ccc(Cl)c(C(F)(F)F)c3)cc2)c1. The number of alkyl halides is 3. The van der Waals surface area contributed by atoms with E-state index in [9.17, 15) is 22.8 Å². The minimum absolute atomic E-state index is 0.0600. The van der Waals surface area contributed by atoms with Crippen LogP contribution in [-0.2, 0) is 6.18 Å². The van der Waals surface area contributed by atoms with E-state index in [1.165, 1.54) is 13.1 Å². The molecule has 3 aromatic rings. The van der Waals surface area contributed by atoms with Gasteiger partial charge in [0.05, 0.1) is 10.6 Å². The highest BCUT2D eigenvalue weighted by Gasteiger charge is 2.33. The van der Waals surface area contributed by atoms with Crippen molar-refractivity contribution in [2.24, 2.45) is 0 Å². The number of carbonyl (C=O) groups is 2. The van der Waals surface area contributed by atoms with E-state index in [4.69, 9.17) is 16.3 Å². The lowest BCUT2D eigenvalue weighted by molar-refractivity contribution is -0.137. The molecule has 0 radical (unpaired) electrons. The van der Waals surface area contributed by atoms with Gasteiger partial charge < -0.3 is 20.7 Å². The third kappa shape index (κ3) is 5.92. The number of rotatable bonds is 5. The third-order valence-corrected chi connectivity index (χ3v) is 4.53. The van der Waals surface area contributed by atoms with Gasteiger partial charge in [0.2, 0.25) is 0 Å². The van der Waals surface area contributed by atoms with Crippen LogP contribution in [0.25, 0.3) is 0 Å². The Morgan fingerprint density at radius 1 is 0.875 bits per heavy atom. The molecule has 6 nitrogen and oxygen atoms in total. The summed E-state index contributed by atoms with van der Waals surface area (Å²) in [5.41, 5.74) is -0.274. The number of hydrogen-bond acceptors (Lipinski definition) is 3. The lowest BCUT2D eigenvalue weighted by Gasteiger charge is -2.12. The molecule has 3 rings (SSSR count).